The van der Waals surface area contributed by atoms with E-state index in [0.717, 1.165) is 50.9 Å². The Morgan fingerprint density at radius 3 is 0.846 bits per heavy atom. The van der Waals surface area contributed by atoms with Gasteiger partial charge in [-0.1, -0.05) is 18.2 Å². The summed E-state index contributed by atoms with van der Waals surface area (Å²) < 4.78 is 0. The number of hydrogen-bond acceptors (Lipinski definition) is 9. The van der Waals surface area contributed by atoms with Gasteiger partial charge in [0.2, 0.25) is 0 Å². The van der Waals surface area contributed by atoms with Crippen LogP contribution in [0.15, 0.2) is 111 Å². The van der Waals surface area contributed by atoms with E-state index in [2.05, 4.69) is 29.9 Å². The van der Waals surface area contributed by atoms with Gasteiger partial charge in [0.05, 0.1) is 51.9 Å². The van der Waals surface area contributed by atoms with Crippen LogP contribution in [-0.2, 0) is 0 Å². The van der Waals surface area contributed by atoms with Crippen molar-refractivity contribution in [3.05, 3.63) is 162 Å². The van der Waals surface area contributed by atoms with Crippen LogP contribution in [-0.4, -0.2) is 44.9 Å². The molecule has 7 rings (SSSR count). The molecule has 6 aromatic heterocycles. The minimum absolute atomic E-state index is 0.327. The molecule has 186 valence electrons. The van der Waals surface area contributed by atoms with Crippen LogP contribution in [0, 0.1) is 0 Å². The average Bonchev–Trinajstić information content (AvgIpc) is 3.00. The summed E-state index contributed by atoms with van der Waals surface area (Å²) in [7, 11) is 0. The lowest BCUT2D eigenvalue weighted by Gasteiger charge is -2.24. The minimum Gasteiger partial charge on any atom is -0.264 e. The second-order valence-corrected chi connectivity index (χ2v) is 9.26. The standard InChI is InChI=1S/C30H21N9/c1-4-19(10-31-7-1)28-22-13-34-15-24(37-22)29(20-5-2-8-32-11-20)26-17-36-18-27(39-26)30(21-6-3-9-33-12-21)25-16-35-14-23(28)38-25/h1-18,28-30H. The van der Waals surface area contributed by atoms with Gasteiger partial charge in [-0.2, -0.15) is 0 Å². The lowest BCUT2D eigenvalue weighted by Crippen LogP contribution is -2.18. The van der Waals surface area contributed by atoms with Crippen molar-refractivity contribution >= 4 is 0 Å². The number of fused-ring (bicyclic) bond motifs is 6. The number of hydrogen-bond donors (Lipinski definition) is 0. The van der Waals surface area contributed by atoms with Gasteiger partial charge in [0.15, 0.2) is 0 Å². The maximum Gasteiger partial charge on any atom is 0.0732 e. The normalized spacial score (nSPS) is 18.0. The summed E-state index contributed by atoms with van der Waals surface area (Å²) in [5.41, 5.74) is 7.27. The first-order valence-corrected chi connectivity index (χ1v) is 12.5. The van der Waals surface area contributed by atoms with E-state index in [4.69, 9.17) is 15.0 Å². The van der Waals surface area contributed by atoms with Gasteiger partial charge in [0.25, 0.3) is 0 Å². The van der Waals surface area contributed by atoms with Crippen LogP contribution in [0.2, 0.25) is 0 Å². The predicted octanol–water partition coefficient (Wildman–Crippen LogP) is 4.10. The molecule has 6 bridgehead atoms. The zero-order valence-corrected chi connectivity index (χ0v) is 20.6. The molecule has 39 heavy (non-hydrogen) atoms. The Balaban J connectivity index is 1.55. The quantitative estimate of drug-likeness (QED) is 0.348. The summed E-state index contributed by atoms with van der Waals surface area (Å²) in [5.74, 6) is -0.982. The molecule has 0 atom stereocenters. The van der Waals surface area contributed by atoms with Crippen LogP contribution in [0.25, 0.3) is 0 Å². The number of nitrogens with zero attached hydrogens (tertiary/aromatic N) is 9. The topological polar surface area (TPSA) is 116 Å². The molecular weight excluding hydrogens is 486 g/mol. The molecule has 1 aliphatic rings. The van der Waals surface area contributed by atoms with Crippen molar-refractivity contribution in [3.8, 4) is 0 Å². The van der Waals surface area contributed by atoms with E-state index in [1.54, 1.807) is 55.8 Å². The van der Waals surface area contributed by atoms with Crippen molar-refractivity contribution in [1.82, 2.24) is 44.9 Å². The number of aromatic nitrogens is 9. The Morgan fingerprint density at radius 1 is 0.333 bits per heavy atom. The zero-order valence-electron chi connectivity index (χ0n) is 20.6. The lowest BCUT2D eigenvalue weighted by molar-refractivity contribution is 0.744. The van der Waals surface area contributed by atoms with Crippen molar-refractivity contribution < 1.29 is 0 Å². The molecule has 0 saturated heterocycles. The molecule has 0 aromatic carbocycles. The van der Waals surface area contributed by atoms with Crippen LogP contribution in [0.5, 0.6) is 0 Å². The summed E-state index contributed by atoms with van der Waals surface area (Å²) in [6.45, 7) is 0. The first kappa shape index (κ1) is 22.9. The Kier molecular flexibility index (Phi) is 5.78. The van der Waals surface area contributed by atoms with Gasteiger partial charge in [-0.25, -0.2) is 0 Å². The largest absolute Gasteiger partial charge is 0.264 e. The van der Waals surface area contributed by atoms with E-state index in [0.29, 0.717) is 0 Å². The first-order valence-electron chi connectivity index (χ1n) is 12.5. The third-order valence-electron chi connectivity index (χ3n) is 6.84. The minimum atomic E-state index is -0.327. The maximum atomic E-state index is 5.14. The lowest BCUT2D eigenvalue weighted by atomic mass is 9.89. The zero-order chi connectivity index (χ0) is 26.0. The predicted molar refractivity (Wildman–Crippen MR) is 142 cm³/mol. The van der Waals surface area contributed by atoms with Crippen molar-refractivity contribution in [2.75, 3.05) is 0 Å². The van der Waals surface area contributed by atoms with Crippen LogP contribution < -0.4 is 0 Å². The molecule has 0 saturated carbocycles. The third-order valence-corrected chi connectivity index (χ3v) is 6.84. The van der Waals surface area contributed by atoms with Gasteiger partial charge in [0, 0.05) is 74.4 Å². The molecule has 0 unspecified atom stereocenters. The monoisotopic (exact) mass is 507 g/mol. The van der Waals surface area contributed by atoms with E-state index in [1.165, 1.54) is 0 Å². The highest BCUT2D eigenvalue weighted by Crippen LogP contribution is 2.36. The van der Waals surface area contributed by atoms with Crippen LogP contribution >= 0.6 is 0 Å². The fourth-order valence-corrected chi connectivity index (χ4v) is 5.14. The van der Waals surface area contributed by atoms with Gasteiger partial charge in [-0.3, -0.25) is 44.9 Å². The smallest absolute Gasteiger partial charge is 0.0732 e. The second-order valence-electron chi connectivity index (χ2n) is 9.26. The molecule has 0 N–H and O–H groups in total. The molecule has 0 aliphatic carbocycles. The number of pyridine rings is 3. The van der Waals surface area contributed by atoms with Gasteiger partial charge < -0.3 is 0 Å². The number of rotatable bonds is 3. The molecule has 6 aromatic rings. The summed E-state index contributed by atoms with van der Waals surface area (Å²) in [4.78, 5) is 42.4. The van der Waals surface area contributed by atoms with Crippen LogP contribution in [0.3, 0.4) is 0 Å². The Morgan fingerprint density at radius 2 is 0.615 bits per heavy atom. The molecule has 1 aliphatic heterocycles. The second kappa shape index (κ2) is 9.86. The summed E-state index contributed by atoms with van der Waals surface area (Å²) in [6.07, 6.45) is 21.5. The van der Waals surface area contributed by atoms with Crippen molar-refractivity contribution in [3.63, 3.8) is 0 Å². The molecule has 9 nitrogen and oxygen atoms in total. The molecule has 0 radical (unpaired) electrons. The summed E-state index contributed by atoms with van der Waals surface area (Å²) in [6, 6.07) is 11.8. The highest BCUT2D eigenvalue weighted by Gasteiger charge is 2.29. The van der Waals surface area contributed by atoms with E-state index < -0.39 is 0 Å². The van der Waals surface area contributed by atoms with E-state index in [-0.39, 0.29) is 17.8 Å². The van der Waals surface area contributed by atoms with Crippen LogP contribution in [0.1, 0.15) is 68.6 Å². The molecule has 0 spiro atoms. The molecule has 0 amide bonds. The van der Waals surface area contributed by atoms with Crippen molar-refractivity contribution in [1.29, 1.82) is 0 Å². The average molecular weight is 508 g/mol. The first-order chi connectivity index (χ1) is 19.3. The van der Waals surface area contributed by atoms with Gasteiger partial charge in [-0.15, -0.1) is 0 Å². The molecule has 7 heterocycles. The van der Waals surface area contributed by atoms with E-state index >= 15 is 0 Å². The summed E-state index contributed by atoms with van der Waals surface area (Å²) in [5, 5.41) is 0. The van der Waals surface area contributed by atoms with Gasteiger partial charge in [0.1, 0.15) is 0 Å². The fourth-order valence-electron chi connectivity index (χ4n) is 5.14. The van der Waals surface area contributed by atoms with Crippen molar-refractivity contribution in [2.45, 2.75) is 17.8 Å². The fraction of sp³-hybridized carbons (Fsp3) is 0.100. The molecule has 0 fully saturated rings. The summed E-state index contributed by atoms with van der Waals surface area (Å²) >= 11 is 0. The third kappa shape index (κ3) is 4.29. The van der Waals surface area contributed by atoms with E-state index in [9.17, 15) is 0 Å². The molecular formula is C30H21N9. The highest BCUT2D eigenvalue weighted by molar-refractivity contribution is 5.42. The Bertz CT molecular complexity index is 1470. The SMILES string of the molecule is c1cncc(C2c3cncc(n3)C(c3cccnc3)c3cncc(n3)C(c3cccnc3)c3cncc2n3)c1. The van der Waals surface area contributed by atoms with Crippen molar-refractivity contribution in [2.24, 2.45) is 0 Å². The van der Waals surface area contributed by atoms with E-state index in [1.807, 2.05) is 55.0 Å². The van der Waals surface area contributed by atoms with Gasteiger partial charge in [-0.05, 0) is 34.9 Å². The highest BCUT2D eigenvalue weighted by atomic mass is 14.9. The Labute approximate surface area is 224 Å². The van der Waals surface area contributed by atoms with Crippen LogP contribution in [0.4, 0.5) is 0 Å². The van der Waals surface area contributed by atoms with Gasteiger partial charge >= 0.3 is 0 Å². The Hall–Kier alpha value is -5.31. The molecule has 9 heteroatoms. The maximum absolute atomic E-state index is 5.14.